The zero-order valence-electron chi connectivity index (χ0n) is 29.0. The molecule has 0 aliphatic rings. The van der Waals surface area contributed by atoms with E-state index >= 15 is 0 Å². The molecule has 1 unspecified atom stereocenters. The van der Waals surface area contributed by atoms with Gasteiger partial charge in [-0.3, -0.25) is 9.59 Å². The Balaban J connectivity index is 3.61. The second-order valence-electron chi connectivity index (χ2n) is 13.1. The molecule has 1 atom stereocenters. The van der Waals surface area contributed by atoms with Gasteiger partial charge in [-0.15, -0.1) is 0 Å². The van der Waals surface area contributed by atoms with E-state index in [1.54, 1.807) is 0 Å². The van der Waals surface area contributed by atoms with Crippen LogP contribution in [0.2, 0.25) is 0 Å². The maximum absolute atomic E-state index is 12.4. The average Bonchev–Trinajstić information content (AvgIpc) is 2.99. The van der Waals surface area contributed by atoms with Crippen LogP contribution in [0.5, 0.6) is 0 Å². The minimum absolute atomic E-state index is 0.0755. The number of allylic oxidation sites excluding steroid dienone is 2. The summed E-state index contributed by atoms with van der Waals surface area (Å²) in [6.07, 6.45) is 42.4. The highest BCUT2D eigenvalue weighted by Gasteiger charge is 2.16. The van der Waals surface area contributed by atoms with Gasteiger partial charge in [0.15, 0.2) is 0 Å². The molecule has 0 radical (unpaired) electrons. The molecule has 0 spiro atoms. The zero-order valence-corrected chi connectivity index (χ0v) is 29.0. The normalized spacial score (nSPS) is 12.2. The van der Waals surface area contributed by atoms with Crippen molar-refractivity contribution in [2.45, 2.75) is 225 Å². The van der Waals surface area contributed by atoms with E-state index < -0.39 is 5.97 Å². The highest BCUT2D eigenvalue weighted by molar-refractivity contribution is 5.69. The molecule has 0 aliphatic carbocycles. The van der Waals surface area contributed by atoms with Crippen LogP contribution in [0.1, 0.15) is 219 Å². The molecule has 0 aromatic rings. The second-order valence-corrected chi connectivity index (χ2v) is 13.1. The minimum atomic E-state index is -0.810. The summed E-state index contributed by atoms with van der Waals surface area (Å²) in [4.78, 5) is 23.4. The van der Waals surface area contributed by atoms with Gasteiger partial charge in [0, 0.05) is 12.8 Å². The summed E-state index contributed by atoms with van der Waals surface area (Å²) in [5.41, 5.74) is 0. The van der Waals surface area contributed by atoms with Gasteiger partial charge in [0.25, 0.3) is 0 Å². The van der Waals surface area contributed by atoms with Crippen molar-refractivity contribution in [2.24, 2.45) is 0 Å². The zero-order chi connectivity index (χ0) is 31.5. The van der Waals surface area contributed by atoms with Gasteiger partial charge in [-0.1, -0.05) is 167 Å². The van der Waals surface area contributed by atoms with Crippen LogP contribution in [0.25, 0.3) is 0 Å². The lowest BCUT2D eigenvalue weighted by Crippen LogP contribution is -2.19. The molecule has 0 aliphatic heterocycles. The van der Waals surface area contributed by atoms with E-state index in [2.05, 4.69) is 26.0 Å². The van der Waals surface area contributed by atoms with Gasteiger partial charge in [0.1, 0.15) is 6.10 Å². The number of hydrogen-bond donors (Lipinski definition) is 1. The Kier molecular flexibility index (Phi) is 34.1. The number of esters is 1. The van der Waals surface area contributed by atoms with Gasteiger partial charge >= 0.3 is 11.9 Å². The first kappa shape index (κ1) is 41.7. The maximum Gasteiger partial charge on any atom is 0.306 e. The molecule has 0 aromatic carbocycles. The number of carboxylic acid groups (broad SMARTS) is 1. The highest BCUT2D eigenvalue weighted by atomic mass is 16.5. The Morgan fingerprint density at radius 3 is 1.28 bits per heavy atom. The molecule has 0 heterocycles. The van der Waals surface area contributed by atoms with Crippen LogP contribution in [0.15, 0.2) is 12.2 Å². The Morgan fingerprint density at radius 1 is 0.488 bits per heavy atom. The lowest BCUT2D eigenvalue weighted by Gasteiger charge is -2.17. The van der Waals surface area contributed by atoms with Crippen LogP contribution in [0, 0.1) is 0 Å². The first-order chi connectivity index (χ1) is 21.1. The van der Waals surface area contributed by atoms with Crippen molar-refractivity contribution in [1.29, 1.82) is 0 Å². The summed E-state index contributed by atoms with van der Waals surface area (Å²) < 4.78 is 5.71. The molecule has 0 aromatic heterocycles. The smallest absolute Gasteiger partial charge is 0.306 e. The number of unbranched alkanes of at least 4 members (excludes halogenated alkanes) is 25. The third kappa shape index (κ3) is 35.0. The van der Waals surface area contributed by atoms with E-state index in [9.17, 15) is 9.59 Å². The van der Waals surface area contributed by atoms with Crippen LogP contribution in [0.4, 0.5) is 0 Å². The number of carbonyl (C=O) groups excluding carboxylic acids is 1. The Hall–Kier alpha value is -1.32. The first-order valence-electron chi connectivity index (χ1n) is 19.2. The van der Waals surface area contributed by atoms with Crippen LogP contribution in [-0.2, 0) is 14.3 Å². The summed E-state index contributed by atoms with van der Waals surface area (Å²) in [7, 11) is 0. The van der Waals surface area contributed by atoms with Crippen LogP contribution in [-0.4, -0.2) is 23.1 Å². The average molecular weight is 607 g/mol. The molecule has 0 saturated heterocycles. The summed E-state index contributed by atoms with van der Waals surface area (Å²) in [6, 6.07) is 0. The van der Waals surface area contributed by atoms with E-state index in [0.29, 0.717) is 12.8 Å². The topological polar surface area (TPSA) is 63.6 Å². The van der Waals surface area contributed by atoms with E-state index in [1.165, 1.54) is 154 Å². The van der Waals surface area contributed by atoms with Crippen molar-refractivity contribution in [3.63, 3.8) is 0 Å². The summed E-state index contributed by atoms with van der Waals surface area (Å²) >= 11 is 0. The predicted octanol–water partition coefficient (Wildman–Crippen LogP) is 13.1. The standard InChI is InChI=1S/C39H74O4/c1-3-5-7-9-11-13-14-15-16-17-18-19-20-21-22-23-24-26-28-30-32-34-39(42)43-37(35-36-38(40)41)33-31-29-27-25-12-10-8-6-4-2/h15-16,37H,3-14,17-36H2,1-2H3,(H,40,41)/b16-15-. The fourth-order valence-electron chi connectivity index (χ4n) is 5.87. The van der Waals surface area contributed by atoms with Crippen LogP contribution < -0.4 is 0 Å². The maximum atomic E-state index is 12.4. The van der Waals surface area contributed by atoms with Crippen LogP contribution >= 0.6 is 0 Å². The quantitative estimate of drug-likeness (QED) is 0.0443. The molecule has 4 nitrogen and oxygen atoms in total. The highest BCUT2D eigenvalue weighted by Crippen LogP contribution is 2.17. The van der Waals surface area contributed by atoms with Crippen molar-refractivity contribution < 1.29 is 19.4 Å². The van der Waals surface area contributed by atoms with Gasteiger partial charge in [-0.2, -0.15) is 0 Å². The van der Waals surface area contributed by atoms with E-state index in [4.69, 9.17) is 9.84 Å². The summed E-state index contributed by atoms with van der Waals surface area (Å²) in [5.74, 6) is -0.950. The first-order valence-corrected chi connectivity index (χ1v) is 19.2. The SMILES string of the molecule is CCCCCCCC/C=C\CCCCCCCCCCCCCC(=O)OC(CCCCCCCCCCC)CCC(=O)O. The monoisotopic (exact) mass is 607 g/mol. The number of rotatable bonds is 35. The number of carboxylic acids is 1. The molecule has 1 N–H and O–H groups in total. The van der Waals surface area contributed by atoms with Crippen molar-refractivity contribution >= 4 is 11.9 Å². The molecule has 254 valence electrons. The van der Waals surface area contributed by atoms with Gasteiger partial charge in [-0.05, 0) is 51.4 Å². The van der Waals surface area contributed by atoms with Crippen molar-refractivity contribution in [3.05, 3.63) is 12.2 Å². The lowest BCUT2D eigenvalue weighted by atomic mass is 10.0. The third-order valence-electron chi connectivity index (χ3n) is 8.75. The van der Waals surface area contributed by atoms with E-state index in [0.717, 1.165) is 32.1 Å². The third-order valence-corrected chi connectivity index (χ3v) is 8.75. The van der Waals surface area contributed by atoms with Crippen molar-refractivity contribution in [3.8, 4) is 0 Å². The molecule has 0 fully saturated rings. The molecular formula is C39H74O4. The number of hydrogen-bond acceptors (Lipinski definition) is 3. The lowest BCUT2D eigenvalue weighted by molar-refractivity contribution is -0.151. The predicted molar refractivity (Wildman–Crippen MR) is 186 cm³/mol. The Bertz CT molecular complexity index is 614. The number of carbonyl (C=O) groups is 2. The summed E-state index contributed by atoms with van der Waals surface area (Å²) in [5, 5.41) is 9.07. The number of ether oxygens (including phenoxy) is 1. The number of aliphatic carboxylic acids is 1. The fraction of sp³-hybridized carbons (Fsp3) is 0.897. The fourth-order valence-corrected chi connectivity index (χ4v) is 5.87. The molecule has 0 amide bonds. The largest absolute Gasteiger partial charge is 0.481 e. The minimum Gasteiger partial charge on any atom is -0.481 e. The van der Waals surface area contributed by atoms with E-state index in [-0.39, 0.29) is 18.5 Å². The molecular weight excluding hydrogens is 532 g/mol. The van der Waals surface area contributed by atoms with Gasteiger partial charge in [0.2, 0.25) is 0 Å². The van der Waals surface area contributed by atoms with Crippen molar-refractivity contribution in [2.75, 3.05) is 0 Å². The van der Waals surface area contributed by atoms with E-state index in [1.807, 2.05) is 0 Å². The molecule has 4 heteroatoms. The van der Waals surface area contributed by atoms with Crippen LogP contribution in [0.3, 0.4) is 0 Å². The van der Waals surface area contributed by atoms with Crippen molar-refractivity contribution in [1.82, 2.24) is 0 Å². The van der Waals surface area contributed by atoms with Gasteiger partial charge < -0.3 is 9.84 Å². The molecule has 0 saturated carbocycles. The van der Waals surface area contributed by atoms with Gasteiger partial charge in [0.05, 0.1) is 0 Å². The molecule has 0 rings (SSSR count). The molecule has 43 heavy (non-hydrogen) atoms. The summed E-state index contributed by atoms with van der Waals surface area (Å²) in [6.45, 7) is 4.52. The Labute approximate surface area is 268 Å². The Morgan fingerprint density at radius 2 is 0.860 bits per heavy atom. The molecule has 0 bridgehead atoms. The second kappa shape index (κ2) is 35.2. The van der Waals surface area contributed by atoms with Gasteiger partial charge in [-0.25, -0.2) is 0 Å².